The normalized spacial score (nSPS) is 17.4. The van der Waals surface area contributed by atoms with Crippen molar-refractivity contribution in [2.24, 2.45) is 5.73 Å². The number of unbranched alkanes of at least 4 members (excludes halogenated alkanes) is 15. The molecule has 22 nitrogen and oxygen atoms in total. The number of fused-ring (bicyclic) bond motifs is 6. The number of nitrogens with two attached hydrogens (primary N) is 2. The molecule has 7 atom stereocenters. The van der Waals surface area contributed by atoms with Crippen molar-refractivity contribution in [1.29, 1.82) is 0 Å². The van der Waals surface area contributed by atoms with Gasteiger partial charge in [-0.15, -0.1) is 0 Å². The van der Waals surface area contributed by atoms with Crippen LogP contribution in [0.5, 0.6) is 0 Å². The number of esters is 1. The van der Waals surface area contributed by atoms with Crippen LogP contribution in [-0.4, -0.2) is 102 Å². The smallest absolute Gasteiger partial charge is 0.305 e. The number of aryl methyl sites for hydroxylation is 6. The van der Waals surface area contributed by atoms with Crippen molar-refractivity contribution in [3.05, 3.63) is 232 Å². The third-order valence-electron chi connectivity index (χ3n) is 26.2. The molecular weight excluding hydrogens is 2150 g/mol. The number of carboxylic acids is 1. The van der Waals surface area contributed by atoms with Gasteiger partial charge in [-0.3, -0.25) is 47.9 Å². The van der Waals surface area contributed by atoms with E-state index in [0.717, 1.165) is 252 Å². The van der Waals surface area contributed by atoms with E-state index in [-0.39, 0.29) is 121 Å². The number of nitrogens with one attached hydrogen (secondary N) is 5. The lowest BCUT2D eigenvalue weighted by Gasteiger charge is -2.22. The lowest BCUT2D eigenvalue weighted by Crippen LogP contribution is -2.26. The summed E-state index contributed by atoms with van der Waals surface area (Å²) in [6.07, 6.45) is 37.7. The SMILES string of the molecule is COC(=O)CCCCCCC(=O)NC1CCc2cc(Br)ccc21.NC1CCc2cc(Br)ccc21.Nc1cc(F)ccc1CC(=O)CCCCCCC(=O)NC1CCc2cc(Br)ccc21.O=C(CCCCCCC(=O)NC1CCc2cc(Br)ccc21)COC1CCCCO1.O=C(CO)CCCCCCC(=O)NC1CCc2cc(Br)ccc21.O=C(O)CCCCCCC(=O)NC1CCc2cc(Br)ccc21. The van der Waals surface area contributed by atoms with E-state index in [9.17, 15) is 52.3 Å². The zero-order valence-corrected chi connectivity index (χ0v) is 89.3. The molecule has 1 saturated heterocycles. The summed E-state index contributed by atoms with van der Waals surface area (Å²) in [5.41, 5.74) is 28.2. The topological polar surface area (TPSA) is 351 Å². The summed E-state index contributed by atoms with van der Waals surface area (Å²) in [5.74, 6) is -0.594. The number of ether oxygens (including phenoxy) is 3. The van der Waals surface area contributed by atoms with Crippen LogP contribution < -0.4 is 38.1 Å². The molecular formula is C109H140Br6FN7O15. The van der Waals surface area contributed by atoms with E-state index >= 15 is 0 Å². The Hall–Kier alpha value is -7.71. The van der Waals surface area contributed by atoms with E-state index in [1.807, 2.05) is 30.3 Å². The van der Waals surface area contributed by atoms with Crippen LogP contribution >= 0.6 is 95.6 Å². The Balaban J connectivity index is 0.000000188. The second kappa shape index (κ2) is 62.7. The Morgan fingerprint density at radius 2 is 0.674 bits per heavy atom. The average molecular weight is 2290 g/mol. The highest BCUT2D eigenvalue weighted by Crippen LogP contribution is 2.39. The quantitative estimate of drug-likeness (QED) is 0.00972. The van der Waals surface area contributed by atoms with Gasteiger partial charge in [0.05, 0.1) is 37.3 Å². The number of hydrogen-bond acceptors (Lipinski definition) is 16. The molecule has 0 radical (unpaired) electrons. The van der Waals surface area contributed by atoms with Crippen molar-refractivity contribution >= 4 is 160 Å². The van der Waals surface area contributed by atoms with Crippen molar-refractivity contribution in [3.63, 3.8) is 0 Å². The van der Waals surface area contributed by atoms with Gasteiger partial charge in [-0.2, -0.15) is 0 Å². The number of anilines is 1. The highest BCUT2D eigenvalue weighted by molar-refractivity contribution is 9.11. The minimum atomic E-state index is -0.746. The van der Waals surface area contributed by atoms with Crippen LogP contribution in [0.25, 0.3) is 0 Å². The molecule has 0 bridgehead atoms. The number of hydrogen-bond donors (Lipinski definition) is 9. The molecule has 5 amide bonds. The fourth-order valence-electron chi connectivity index (χ4n) is 18.6. The van der Waals surface area contributed by atoms with Gasteiger partial charge < -0.3 is 62.5 Å². The molecule has 138 heavy (non-hydrogen) atoms. The van der Waals surface area contributed by atoms with Gasteiger partial charge >= 0.3 is 11.9 Å². The number of ketones is 3. The molecule has 750 valence electrons. The highest BCUT2D eigenvalue weighted by atomic mass is 79.9. The second-order valence-corrected chi connectivity index (χ2v) is 42.4. The van der Waals surface area contributed by atoms with E-state index < -0.39 is 11.8 Å². The fourth-order valence-corrected chi connectivity index (χ4v) is 21.1. The molecule has 0 aromatic heterocycles. The zero-order valence-electron chi connectivity index (χ0n) is 79.8. The van der Waals surface area contributed by atoms with Crippen LogP contribution in [0.4, 0.5) is 10.1 Å². The summed E-state index contributed by atoms with van der Waals surface area (Å²) in [4.78, 5) is 117. The zero-order chi connectivity index (χ0) is 99.1. The maximum atomic E-state index is 13.1. The maximum Gasteiger partial charge on any atom is 0.305 e. The van der Waals surface area contributed by atoms with E-state index in [1.165, 1.54) is 86.0 Å². The van der Waals surface area contributed by atoms with Crippen LogP contribution in [0.15, 0.2) is 154 Å². The van der Waals surface area contributed by atoms with Crippen LogP contribution in [-0.2, 0) is 107 Å². The predicted octanol–water partition coefficient (Wildman–Crippen LogP) is 24.3. The molecule has 29 heteroatoms. The van der Waals surface area contributed by atoms with Gasteiger partial charge in [0, 0.05) is 116 Å². The molecule has 7 aromatic rings. The number of aliphatic carboxylic acids is 1. The Bertz CT molecular complexity index is 5030. The largest absolute Gasteiger partial charge is 0.481 e. The molecule has 0 spiro atoms. The molecule has 7 aliphatic rings. The molecule has 7 unspecified atom stereocenters. The first-order valence-corrected chi connectivity index (χ1v) is 54.5. The molecule has 1 heterocycles. The van der Waals surface area contributed by atoms with E-state index in [4.69, 9.17) is 31.2 Å². The highest BCUT2D eigenvalue weighted by Gasteiger charge is 2.30. The van der Waals surface area contributed by atoms with Gasteiger partial charge in [0.2, 0.25) is 29.5 Å². The van der Waals surface area contributed by atoms with Crippen molar-refractivity contribution in [1.82, 2.24) is 26.6 Å². The van der Waals surface area contributed by atoms with Gasteiger partial charge in [0.15, 0.2) is 17.9 Å². The number of carboxylic acid groups (broad SMARTS) is 1. The number of nitrogen functional groups attached to an aromatic ring is 1. The van der Waals surface area contributed by atoms with E-state index in [1.54, 1.807) is 6.07 Å². The number of amides is 5. The van der Waals surface area contributed by atoms with Crippen LogP contribution in [0.1, 0.15) is 359 Å². The van der Waals surface area contributed by atoms with Gasteiger partial charge in [-0.05, 0) is 318 Å². The first-order valence-electron chi connectivity index (χ1n) is 49.7. The molecule has 0 saturated carbocycles. The maximum absolute atomic E-state index is 13.1. The van der Waals surface area contributed by atoms with E-state index in [2.05, 4.69) is 206 Å². The Morgan fingerprint density at radius 1 is 0.370 bits per heavy atom. The standard InChI is InChI=1S/C24H28BrFN2O2.C23H32BrNO4.2C18H24BrNO3.C17H22BrNO3.C9H10BrN/c25-18-9-11-21-16(13-18)8-12-23(21)28-24(30)6-4-2-1-3-5-20(29)14-17-7-10-19(26)15-22(17)27;24-18-11-12-20-17(15-18)10-13-21(20)25-22(27)8-4-2-1-3-7-19(26)16-29-23-9-5-6-14-28-23;1-23-18(22)7-5-3-2-4-6-17(21)20-16-11-8-13-12-14(19)9-10-15(13)16;19-14-8-9-16-13(11-14)7-10-17(16)20-18(23)6-4-2-1-3-5-15(22)12-21;18-13-8-9-14-12(11-13)7-10-15(14)19-16(20)5-3-1-2-4-6-17(21)22;10-7-2-3-8-6(5-7)1-4-9(8)11/h7,9-11,13,15,23H,1-6,8,12,14,27H2,(H,28,30);11-12,15,21,23H,1-10,13-14,16H2,(H,25,27);9-10,12,16H,2-8,11H2,1H3,(H,20,21);8-9,11,17,21H,1-7,10,12H2,(H,20,23);8-9,11,15H,1-7,10H2,(H,19,20)(H,21,22);2-3,5,9H,1,4,11H2. The molecule has 1 fully saturated rings. The Kier molecular flexibility index (Phi) is 51.7. The minimum absolute atomic E-state index is 0.0960. The third kappa shape index (κ3) is 41.7. The van der Waals surface area contributed by atoms with Gasteiger partial charge in [0.1, 0.15) is 24.8 Å². The van der Waals surface area contributed by atoms with Crippen molar-refractivity contribution in [2.45, 2.75) is 338 Å². The monoisotopic (exact) mass is 2280 g/mol. The number of aliphatic hydroxyl groups is 1. The Labute approximate surface area is 865 Å². The van der Waals surface area contributed by atoms with Crippen molar-refractivity contribution in [2.75, 3.05) is 32.7 Å². The van der Waals surface area contributed by atoms with Crippen LogP contribution in [0.2, 0.25) is 0 Å². The van der Waals surface area contributed by atoms with Crippen LogP contribution in [0, 0.1) is 5.82 Å². The number of methoxy groups -OCH3 is 1. The number of carbonyl (C=O) groups excluding carboxylic acids is 9. The third-order valence-corrected chi connectivity index (χ3v) is 29.2. The summed E-state index contributed by atoms with van der Waals surface area (Å²) >= 11 is 20.9. The van der Waals surface area contributed by atoms with Crippen molar-refractivity contribution < 1.29 is 76.8 Å². The summed E-state index contributed by atoms with van der Waals surface area (Å²) < 4.78 is 35.2. The van der Waals surface area contributed by atoms with E-state index in [0.29, 0.717) is 75.5 Å². The molecule has 7 aromatic carbocycles. The van der Waals surface area contributed by atoms with Gasteiger partial charge in [-0.1, -0.05) is 202 Å². The van der Waals surface area contributed by atoms with Crippen molar-refractivity contribution in [3.8, 4) is 0 Å². The molecule has 6 aliphatic carbocycles. The lowest BCUT2D eigenvalue weighted by atomic mass is 10.0. The summed E-state index contributed by atoms with van der Waals surface area (Å²) in [5, 5.41) is 32.9. The first kappa shape index (κ1) is 114. The van der Waals surface area contributed by atoms with Gasteiger partial charge in [0.25, 0.3) is 0 Å². The predicted molar refractivity (Wildman–Crippen MR) is 560 cm³/mol. The molecule has 11 N–H and O–H groups in total. The Morgan fingerprint density at radius 3 is 0.993 bits per heavy atom. The summed E-state index contributed by atoms with van der Waals surface area (Å²) in [7, 11) is 1.41. The number of rotatable bonds is 46. The average Bonchev–Trinajstić information content (AvgIpc) is 1.70. The minimum Gasteiger partial charge on any atom is -0.481 e. The fraction of sp³-hybridized carbons (Fsp3) is 0.523. The molecule has 14 rings (SSSR count). The lowest BCUT2D eigenvalue weighted by molar-refractivity contribution is -0.169. The number of carbonyl (C=O) groups is 10. The number of aliphatic hydroxyl groups excluding tert-OH is 1. The number of benzene rings is 7. The number of Topliss-reactive ketones (excluding diaryl/α,β-unsaturated/α-hetero) is 3. The summed E-state index contributed by atoms with van der Waals surface area (Å²) in [6.45, 7) is 0.534. The van der Waals surface area contributed by atoms with Crippen LogP contribution in [0.3, 0.4) is 0 Å². The van der Waals surface area contributed by atoms with Gasteiger partial charge in [-0.25, -0.2) is 4.39 Å². The molecule has 1 aliphatic heterocycles. The number of halogens is 7. The summed E-state index contributed by atoms with van der Waals surface area (Å²) in [6, 6.07) is 42.8. The first-order chi connectivity index (χ1) is 66.6. The second-order valence-electron chi connectivity index (χ2n) is 36.9.